The number of amides is 1. The Morgan fingerprint density at radius 3 is 2.59 bits per heavy atom. The highest BCUT2D eigenvalue weighted by Crippen LogP contribution is 2.16. The summed E-state index contributed by atoms with van der Waals surface area (Å²) in [5.74, 6) is 0.528. The maximum atomic E-state index is 11.8. The van der Waals surface area contributed by atoms with Crippen LogP contribution >= 0.6 is 0 Å². The molecule has 0 saturated heterocycles. The Labute approximate surface area is 126 Å². The van der Waals surface area contributed by atoms with E-state index in [0.717, 1.165) is 18.0 Å². The number of nitrogens with one attached hydrogen (secondary N) is 2. The maximum Gasteiger partial charge on any atom is 0.256 e. The first-order valence-corrected chi connectivity index (χ1v) is 6.57. The van der Waals surface area contributed by atoms with Gasteiger partial charge in [-0.05, 0) is 24.3 Å². The summed E-state index contributed by atoms with van der Waals surface area (Å²) in [6.45, 7) is 0.519. The van der Waals surface area contributed by atoms with E-state index in [4.69, 9.17) is 9.47 Å². The summed E-state index contributed by atoms with van der Waals surface area (Å²) < 4.78 is 10.5. The minimum absolute atomic E-state index is 0.00375. The first-order chi connectivity index (χ1) is 10.6. The molecule has 2 aromatic rings. The van der Waals surface area contributed by atoms with Gasteiger partial charge in [0.25, 0.3) is 11.5 Å². The van der Waals surface area contributed by atoms with Crippen LogP contribution in [0.3, 0.4) is 0 Å². The highest BCUT2D eigenvalue weighted by molar-refractivity contribution is 5.96. The molecule has 0 spiro atoms. The second kappa shape index (κ2) is 7.16. The number of rotatable bonds is 6. The van der Waals surface area contributed by atoms with Crippen LogP contribution in [0.1, 0.15) is 10.4 Å². The Morgan fingerprint density at radius 2 is 1.95 bits per heavy atom. The van der Waals surface area contributed by atoms with Gasteiger partial charge in [0, 0.05) is 12.3 Å². The van der Waals surface area contributed by atoms with Gasteiger partial charge in [0.15, 0.2) is 0 Å². The Balaban J connectivity index is 1.80. The second-order valence-corrected chi connectivity index (χ2v) is 4.38. The molecule has 7 nitrogen and oxygen atoms in total. The third-order valence-corrected chi connectivity index (χ3v) is 2.86. The number of H-pyrrole nitrogens is 1. The number of hydrogen-bond acceptors (Lipinski definition) is 5. The molecule has 0 aliphatic heterocycles. The van der Waals surface area contributed by atoms with E-state index in [0.29, 0.717) is 5.75 Å². The van der Waals surface area contributed by atoms with E-state index in [1.807, 2.05) is 0 Å². The molecule has 0 radical (unpaired) electrons. The summed E-state index contributed by atoms with van der Waals surface area (Å²) in [6.07, 6.45) is 1.16. The lowest BCUT2D eigenvalue weighted by molar-refractivity contribution is 0.0944. The largest absolute Gasteiger partial charge is 0.507 e. The van der Waals surface area contributed by atoms with Gasteiger partial charge < -0.3 is 24.9 Å². The smallest absolute Gasteiger partial charge is 0.256 e. The van der Waals surface area contributed by atoms with E-state index < -0.39 is 11.5 Å². The van der Waals surface area contributed by atoms with Gasteiger partial charge in [-0.15, -0.1) is 0 Å². The zero-order valence-corrected chi connectivity index (χ0v) is 12.0. The molecule has 1 amide bonds. The molecule has 0 fully saturated rings. The quantitative estimate of drug-likeness (QED) is 0.688. The zero-order chi connectivity index (χ0) is 15.9. The number of aromatic nitrogens is 1. The van der Waals surface area contributed by atoms with E-state index in [1.54, 1.807) is 31.4 Å². The van der Waals surface area contributed by atoms with Crippen LogP contribution in [0.2, 0.25) is 0 Å². The Hall–Kier alpha value is -2.96. The Kier molecular flexibility index (Phi) is 5.02. The third kappa shape index (κ3) is 4.02. The maximum absolute atomic E-state index is 11.8. The van der Waals surface area contributed by atoms with Crippen molar-refractivity contribution < 1.29 is 19.4 Å². The van der Waals surface area contributed by atoms with Crippen LogP contribution in [0, 0.1) is 0 Å². The predicted molar refractivity (Wildman–Crippen MR) is 79.5 cm³/mol. The fourth-order valence-electron chi connectivity index (χ4n) is 1.74. The lowest BCUT2D eigenvalue weighted by Gasteiger charge is -2.09. The number of benzene rings is 1. The molecule has 0 bridgehead atoms. The number of ether oxygens (including phenoxy) is 2. The van der Waals surface area contributed by atoms with Crippen molar-refractivity contribution in [2.24, 2.45) is 0 Å². The molecule has 7 heteroatoms. The predicted octanol–water partition coefficient (Wildman–Crippen LogP) is 0.898. The molecule has 1 heterocycles. The highest BCUT2D eigenvalue weighted by Gasteiger charge is 2.10. The summed E-state index contributed by atoms with van der Waals surface area (Å²) >= 11 is 0. The van der Waals surface area contributed by atoms with Crippen molar-refractivity contribution in [2.45, 2.75) is 0 Å². The fraction of sp³-hybridized carbons (Fsp3) is 0.200. The lowest BCUT2D eigenvalue weighted by atomic mass is 10.2. The van der Waals surface area contributed by atoms with E-state index in [1.165, 1.54) is 0 Å². The third-order valence-electron chi connectivity index (χ3n) is 2.86. The zero-order valence-electron chi connectivity index (χ0n) is 12.0. The van der Waals surface area contributed by atoms with Crippen molar-refractivity contribution in [2.75, 3.05) is 20.3 Å². The van der Waals surface area contributed by atoms with E-state index >= 15 is 0 Å². The molecule has 0 saturated carbocycles. The number of aromatic amines is 1. The molecule has 1 aromatic heterocycles. The first kappa shape index (κ1) is 15.4. The van der Waals surface area contributed by atoms with Crippen molar-refractivity contribution in [3.05, 3.63) is 52.4 Å². The Bertz CT molecular complexity index is 694. The van der Waals surface area contributed by atoms with Crippen LogP contribution in [0.4, 0.5) is 0 Å². The molecule has 3 N–H and O–H groups in total. The molecule has 0 aliphatic rings. The molecule has 0 unspecified atom stereocenters. The van der Waals surface area contributed by atoms with Crippen LogP contribution in [-0.2, 0) is 0 Å². The van der Waals surface area contributed by atoms with Crippen molar-refractivity contribution in [1.82, 2.24) is 10.3 Å². The number of carbonyl (C=O) groups excluding carboxylic acids is 1. The summed E-state index contributed by atoms with van der Waals surface area (Å²) in [5.41, 5.74) is -0.471. The number of pyridine rings is 1. The van der Waals surface area contributed by atoms with Gasteiger partial charge in [0.1, 0.15) is 23.9 Å². The van der Waals surface area contributed by atoms with E-state index in [2.05, 4.69) is 10.3 Å². The van der Waals surface area contributed by atoms with Crippen molar-refractivity contribution in [3.8, 4) is 17.2 Å². The van der Waals surface area contributed by atoms with Crippen molar-refractivity contribution in [1.29, 1.82) is 0 Å². The summed E-state index contributed by atoms with van der Waals surface area (Å²) in [5, 5.41) is 12.1. The molecule has 22 heavy (non-hydrogen) atoms. The van der Waals surface area contributed by atoms with Crippen LogP contribution < -0.4 is 20.3 Å². The van der Waals surface area contributed by atoms with Crippen LogP contribution in [0.25, 0.3) is 0 Å². The van der Waals surface area contributed by atoms with Gasteiger partial charge in [-0.1, -0.05) is 0 Å². The normalized spacial score (nSPS) is 10.0. The van der Waals surface area contributed by atoms with E-state index in [-0.39, 0.29) is 24.5 Å². The van der Waals surface area contributed by atoms with Gasteiger partial charge in [-0.25, -0.2) is 0 Å². The summed E-state index contributed by atoms with van der Waals surface area (Å²) in [7, 11) is 1.58. The van der Waals surface area contributed by atoms with Gasteiger partial charge in [0.2, 0.25) is 0 Å². The fourth-order valence-corrected chi connectivity index (χ4v) is 1.74. The molecule has 0 aliphatic carbocycles. The van der Waals surface area contributed by atoms with Crippen molar-refractivity contribution in [3.63, 3.8) is 0 Å². The first-order valence-electron chi connectivity index (χ1n) is 6.57. The van der Waals surface area contributed by atoms with Gasteiger partial charge in [0.05, 0.1) is 19.2 Å². The van der Waals surface area contributed by atoms with Crippen molar-refractivity contribution >= 4 is 5.91 Å². The number of methoxy groups -OCH3 is 1. The van der Waals surface area contributed by atoms with E-state index in [9.17, 15) is 14.7 Å². The average Bonchev–Trinajstić information content (AvgIpc) is 2.52. The SMILES string of the molecule is COc1ccc(OCCNC(=O)c2c[nH]c(=O)cc2O)cc1. The number of carbonyl (C=O) groups is 1. The molecular weight excluding hydrogens is 288 g/mol. The van der Waals surface area contributed by atoms with Crippen LogP contribution in [0.15, 0.2) is 41.3 Å². The number of hydrogen-bond donors (Lipinski definition) is 3. The van der Waals surface area contributed by atoms with Gasteiger partial charge in [-0.3, -0.25) is 9.59 Å². The van der Waals surface area contributed by atoms with Crippen LogP contribution in [-0.4, -0.2) is 36.3 Å². The van der Waals surface area contributed by atoms with Gasteiger partial charge in [-0.2, -0.15) is 0 Å². The monoisotopic (exact) mass is 304 g/mol. The molecule has 0 atom stereocenters. The molecule has 2 rings (SSSR count). The van der Waals surface area contributed by atoms with Gasteiger partial charge >= 0.3 is 0 Å². The topological polar surface area (TPSA) is 101 Å². The lowest BCUT2D eigenvalue weighted by Crippen LogP contribution is -2.28. The highest BCUT2D eigenvalue weighted by atomic mass is 16.5. The average molecular weight is 304 g/mol. The second-order valence-electron chi connectivity index (χ2n) is 4.38. The standard InChI is InChI=1S/C15H16N2O5/c1-21-10-2-4-11(5-3-10)22-7-6-16-15(20)12-9-17-14(19)8-13(12)18/h2-5,8-9H,6-7H2,1H3,(H,16,20)(H2,17,18,19). The number of aromatic hydroxyl groups is 1. The minimum atomic E-state index is -0.493. The van der Waals surface area contributed by atoms with Crippen LogP contribution in [0.5, 0.6) is 17.2 Å². The molecule has 116 valence electrons. The summed E-state index contributed by atoms with van der Waals surface area (Å²) in [4.78, 5) is 25.1. The minimum Gasteiger partial charge on any atom is -0.507 e. The Morgan fingerprint density at radius 1 is 1.27 bits per heavy atom. The summed E-state index contributed by atoms with van der Waals surface area (Å²) in [6, 6.07) is 8.00. The molecular formula is C15H16N2O5. The molecule has 1 aromatic carbocycles.